The fourth-order valence-electron chi connectivity index (χ4n) is 1.40. The van der Waals surface area contributed by atoms with Crippen molar-refractivity contribution in [3.8, 4) is 0 Å². The molecule has 1 aromatic heterocycles. The molecule has 0 aliphatic rings. The summed E-state index contributed by atoms with van der Waals surface area (Å²) in [7, 11) is 1.63. The van der Waals surface area contributed by atoms with Gasteiger partial charge in [0.05, 0.1) is 18.5 Å². The molecule has 0 bridgehead atoms. The number of pyridine rings is 1. The van der Waals surface area contributed by atoms with Gasteiger partial charge in [0.25, 0.3) is 0 Å². The number of rotatable bonds is 7. The highest BCUT2D eigenvalue weighted by atomic mass is 127. The molecule has 21 heavy (non-hydrogen) atoms. The lowest BCUT2D eigenvalue weighted by Gasteiger charge is -2.10. The van der Waals surface area contributed by atoms with Crippen LogP contribution < -0.4 is 16.0 Å². The van der Waals surface area contributed by atoms with Crippen LogP contribution in [-0.4, -0.2) is 50.2 Å². The van der Waals surface area contributed by atoms with E-state index in [0.29, 0.717) is 24.8 Å². The van der Waals surface area contributed by atoms with Crippen molar-refractivity contribution in [1.29, 1.82) is 0 Å². The number of ether oxygens (including phenoxy) is 1. The van der Waals surface area contributed by atoms with Crippen LogP contribution in [0.15, 0.2) is 29.5 Å². The third-order valence-electron chi connectivity index (χ3n) is 2.27. The van der Waals surface area contributed by atoms with Crippen LogP contribution in [0.1, 0.15) is 6.92 Å². The second kappa shape index (κ2) is 12.3. The summed E-state index contributed by atoms with van der Waals surface area (Å²) in [5, 5.41) is 8.83. The molecule has 0 unspecified atom stereocenters. The van der Waals surface area contributed by atoms with Gasteiger partial charge in [-0.05, 0) is 19.1 Å². The summed E-state index contributed by atoms with van der Waals surface area (Å²) in [6.45, 7) is 3.93. The summed E-state index contributed by atoms with van der Waals surface area (Å²) in [4.78, 5) is 19.8. The Morgan fingerprint density at radius 1 is 1.43 bits per heavy atom. The number of guanidine groups is 1. The standard InChI is InChI=1S/C13H21N5O2.HI/c1-3-15-13(16-7-8-20-2)17-10-12(19)18-11-5-4-6-14-9-11;/h4-6,9H,3,7-8,10H2,1-2H3,(H,18,19)(H2,15,16,17);1H. The van der Waals surface area contributed by atoms with Crippen LogP contribution in [0.5, 0.6) is 0 Å². The maximum absolute atomic E-state index is 11.7. The minimum absolute atomic E-state index is 0. The molecule has 0 spiro atoms. The molecule has 3 N–H and O–H groups in total. The summed E-state index contributed by atoms with van der Waals surface area (Å²) in [6.07, 6.45) is 3.24. The first-order valence-corrected chi connectivity index (χ1v) is 6.47. The Labute approximate surface area is 142 Å². The van der Waals surface area contributed by atoms with Crippen LogP contribution >= 0.6 is 24.0 Å². The normalized spacial score (nSPS) is 10.5. The number of nitrogens with zero attached hydrogens (tertiary/aromatic N) is 2. The number of carbonyl (C=O) groups excluding carboxylic acids is 1. The first-order valence-electron chi connectivity index (χ1n) is 6.47. The van der Waals surface area contributed by atoms with E-state index in [9.17, 15) is 4.79 Å². The molecular formula is C13H22IN5O2. The molecule has 1 rings (SSSR count). The molecule has 7 nitrogen and oxygen atoms in total. The molecule has 0 saturated heterocycles. The van der Waals surface area contributed by atoms with Gasteiger partial charge in [0.1, 0.15) is 6.54 Å². The van der Waals surface area contributed by atoms with E-state index in [1.807, 2.05) is 6.92 Å². The van der Waals surface area contributed by atoms with Crippen LogP contribution in [0.4, 0.5) is 5.69 Å². The van der Waals surface area contributed by atoms with Crippen molar-refractivity contribution in [3.63, 3.8) is 0 Å². The quantitative estimate of drug-likeness (QED) is 0.270. The Morgan fingerprint density at radius 2 is 2.24 bits per heavy atom. The lowest BCUT2D eigenvalue weighted by atomic mass is 10.4. The Bertz CT molecular complexity index is 428. The zero-order chi connectivity index (χ0) is 14.6. The van der Waals surface area contributed by atoms with Crippen molar-refractivity contribution in [3.05, 3.63) is 24.5 Å². The van der Waals surface area contributed by atoms with Crippen molar-refractivity contribution < 1.29 is 9.53 Å². The molecule has 1 heterocycles. The topological polar surface area (TPSA) is 87.6 Å². The fourth-order valence-corrected chi connectivity index (χ4v) is 1.40. The van der Waals surface area contributed by atoms with E-state index in [1.165, 1.54) is 0 Å². The van der Waals surface area contributed by atoms with Crippen molar-refractivity contribution in [2.45, 2.75) is 6.92 Å². The van der Waals surface area contributed by atoms with Crippen LogP contribution in [0, 0.1) is 0 Å². The summed E-state index contributed by atoms with van der Waals surface area (Å²) < 4.78 is 4.94. The van der Waals surface area contributed by atoms with E-state index >= 15 is 0 Å². The van der Waals surface area contributed by atoms with Gasteiger partial charge in [-0.15, -0.1) is 24.0 Å². The first kappa shape index (κ1) is 19.6. The molecule has 0 aromatic carbocycles. The molecule has 1 amide bonds. The molecule has 0 atom stereocenters. The number of aliphatic imine (C=N–C) groups is 1. The number of aromatic nitrogens is 1. The van der Waals surface area contributed by atoms with E-state index in [0.717, 1.165) is 6.54 Å². The molecule has 0 radical (unpaired) electrons. The van der Waals surface area contributed by atoms with Gasteiger partial charge in [-0.25, -0.2) is 4.99 Å². The summed E-state index contributed by atoms with van der Waals surface area (Å²) >= 11 is 0. The molecular weight excluding hydrogens is 385 g/mol. The number of methoxy groups -OCH3 is 1. The zero-order valence-electron chi connectivity index (χ0n) is 12.3. The Balaban J connectivity index is 0.00000400. The number of halogens is 1. The van der Waals surface area contributed by atoms with E-state index in [4.69, 9.17) is 4.74 Å². The van der Waals surface area contributed by atoms with Gasteiger partial charge in [0.2, 0.25) is 5.91 Å². The van der Waals surface area contributed by atoms with Gasteiger partial charge in [0.15, 0.2) is 5.96 Å². The number of amides is 1. The number of hydrogen-bond acceptors (Lipinski definition) is 4. The highest BCUT2D eigenvalue weighted by Gasteiger charge is 2.02. The Kier molecular flexibility index (Phi) is 11.5. The number of hydrogen-bond donors (Lipinski definition) is 3. The number of nitrogens with one attached hydrogen (secondary N) is 3. The second-order valence-corrected chi connectivity index (χ2v) is 3.90. The third-order valence-corrected chi connectivity index (χ3v) is 2.27. The van der Waals surface area contributed by atoms with Gasteiger partial charge in [-0.3, -0.25) is 9.78 Å². The van der Waals surface area contributed by atoms with E-state index in [-0.39, 0.29) is 36.4 Å². The predicted octanol–water partition coefficient (Wildman–Crippen LogP) is 0.840. The maximum atomic E-state index is 11.7. The van der Waals surface area contributed by atoms with Crippen LogP contribution in [0.2, 0.25) is 0 Å². The fraction of sp³-hybridized carbons (Fsp3) is 0.462. The van der Waals surface area contributed by atoms with Gasteiger partial charge < -0.3 is 20.7 Å². The molecule has 8 heteroatoms. The highest BCUT2D eigenvalue weighted by Crippen LogP contribution is 2.01. The molecule has 118 valence electrons. The largest absolute Gasteiger partial charge is 0.383 e. The predicted molar refractivity (Wildman–Crippen MR) is 94.1 cm³/mol. The van der Waals surface area contributed by atoms with Crippen molar-refractivity contribution in [1.82, 2.24) is 15.6 Å². The van der Waals surface area contributed by atoms with Gasteiger partial charge in [-0.1, -0.05) is 0 Å². The molecule has 1 aromatic rings. The average molecular weight is 407 g/mol. The van der Waals surface area contributed by atoms with E-state index in [2.05, 4.69) is 25.9 Å². The smallest absolute Gasteiger partial charge is 0.246 e. The average Bonchev–Trinajstić information content (AvgIpc) is 2.46. The SMILES string of the molecule is CCNC(=NCC(=O)Nc1cccnc1)NCCOC.I. The Morgan fingerprint density at radius 3 is 2.86 bits per heavy atom. The highest BCUT2D eigenvalue weighted by molar-refractivity contribution is 14.0. The van der Waals surface area contributed by atoms with Crippen LogP contribution in [0.25, 0.3) is 0 Å². The van der Waals surface area contributed by atoms with Crippen molar-refractivity contribution in [2.24, 2.45) is 4.99 Å². The number of anilines is 1. The van der Waals surface area contributed by atoms with E-state index in [1.54, 1.807) is 31.6 Å². The lowest BCUT2D eigenvalue weighted by molar-refractivity contribution is -0.114. The summed E-state index contributed by atoms with van der Waals surface area (Å²) in [5.41, 5.74) is 0.657. The lowest BCUT2D eigenvalue weighted by Crippen LogP contribution is -2.39. The van der Waals surface area contributed by atoms with Crippen molar-refractivity contribution >= 4 is 41.5 Å². The summed E-state index contributed by atoms with van der Waals surface area (Å²) in [6, 6.07) is 3.53. The van der Waals surface area contributed by atoms with Crippen LogP contribution in [0.3, 0.4) is 0 Å². The monoisotopic (exact) mass is 407 g/mol. The summed E-state index contributed by atoms with van der Waals surface area (Å²) in [5.74, 6) is 0.396. The third kappa shape index (κ3) is 9.19. The molecule has 0 fully saturated rings. The Hall–Kier alpha value is -1.42. The molecule has 0 saturated carbocycles. The minimum Gasteiger partial charge on any atom is -0.383 e. The molecule has 0 aliphatic heterocycles. The maximum Gasteiger partial charge on any atom is 0.246 e. The first-order chi connectivity index (χ1) is 9.76. The van der Waals surface area contributed by atoms with Gasteiger partial charge in [-0.2, -0.15) is 0 Å². The van der Waals surface area contributed by atoms with Crippen molar-refractivity contribution in [2.75, 3.05) is 38.7 Å². The number of carbonyl (C=O) groups is 1. The minimum atomic E-state index is -0.193. The van der Waals surface area contributed by atoms with Gasteiger partial charge >= 0.3 is 0 Å². The second-order valence-electron chi connectivity index (χ2n) is 3.90. The van der Waals surface area contributed by atoms with E-state index < -0.39 is 0 Å². The van der Waals surface area contributed by atoms with Gasteiger partial charge in [0, 0.05) is 26.4 Å². The molecule has 0 aliphatic carbocycles. The zero-order valence-corrected chi connectivity index (χ0v) is 14.6. The van der Waals surface area contributed by atoms with Crippen LogP contribution in [-0.2, 0) is 9.53 Å².